The molecule has 1 aromatic carbocycles. The number of hydrogen-bond acceptors (Lipinski definition) is 7. The SMILES string of the molecule is CCCCOC(=O)CN1C(=O)S/C(=C\c2ccc(Sc3ccc(C)cc3)o2)C1=O. The van der Waals surface area contributed by atoms with Crippen LogP contribution in [0.15, 0.2) is 55.7 Å². The van der Waals surface area contributed by atoms with Crippen LogP contribution in [0.25, 0.3) is 6.08 Å². The third-order valence-electron chi connectivity index (χ3n) is 4.04. The molecule has 1 aliphatic heterocycles. The van der Waals surface area contributed by atoms with Gasteiger partial charge in [0.2, 0.25) is 0 Å². The molecule has 152 valence electrons. The normalized spacial score (nSPS) is 15.4. The zero-order valence-electron chi connectivity index (χ0n) is 16.2. The van der Waals surface area contributed by atoms with Gasteiger partial charge in [0, 0.05) is 11.0 Å². The Morgan fingerprint density at radius 2 is 1.97 bits per heavy atom. The van der Waals surface area contributed by atoms with Crippen molar-refractivity contribution < 1.29 is 23.5 Å². The smallest absolute Gasteiger partial charge is 0.326 e. The number of carbonyl (C=O) groups excluding carboxylic acids is 3. The quantitative estimate of drug-likeness (QED) is 0.326. The second-order valence-corrected chi connectivity index (χ2v) is 8.48. The van der Waals surface area contributed by atoms with E-state index in [-0.39, 0.29) is 18.1 Å². The molecule has 29 heavy (non-hydrogen) atoms. The second-order valence-electron chi connectivity index (χ2n) is 6.41. The molecule has 0 N–H and O–H groups in total. The van der Waals surface area contributed by atoms with E-state index >= 15 is 0 Å². The molecule has 0 bridgehead atoms. The van der Waals surface area contributed by atoms with E-state index in [4.69, 9.17) is 9.15 Å². The maximum atomic E-state index is 12.5. The molecule has 2 aromatic rings. The molecule has 0 radical (unpaired) electrons. The summed E-state index contributed by atoms with van der Waals surface area (Å²) in [5, 5.41) is 0.188. The number of thioether (sulfide) groups is 1. The maximum Gasteiger partial charge on any atom is 0.326 e. The molecule has 0 atom stereocenters. The molecule has 3 rings (SSSR count). The van der Waals surface area contributed by atoms with Crippen LogP contribution in [-0.4, -0.2) is 35.2 Å². The lowest BCUT2D eigenvalue weighted by atomic mass is 10.2. The summed E-state index contributed by atoms with van der Waals surface area (Å²) in [4.78, 5) is 38.6. The highest BCUT2D eigenvalue weighted by Crippen LogP contribution is 2.34. The van der Waals surface area contributed by atoms with Crippen LogP contribution >= 0.6 is 23.5 Å². The average Bonchev–Trinajstić information content (AvgIpc) is 3.23. The first-order valence-electron chi connectivity index (χ1n) is 9.21. The molecule has 1 aromatic heterocycles. The molecule has 0 aliphatic carbocycles. The van der Waals surface area contributed by atoms with Crippen LogP contribution in [0.4, 0.5) is 4.79 Å². The summed E-state index contributed by atoms with van der Waals surface area (Å²) in [5.74, 6) is -0.635. The predicted molar refractivity (Wildman–Crippen MR) is 113 cm³/mol. The Morgan fingerprint density at radius 1 is 1.21 bits per heavy atom. The maximum absolute atomic E-state index is 12.5. The fourth-order valence-corrected chi connectivity index (χ4v) is 4.06. The van der Waals surface area contributed by atoms with E-state index in [1.54, 1.807) is 6.07 Å². The number of unbranched alkanes of at least 4 members (excludes halogenated alkanes) is 1. The minimum absolute atomic E-state index is 0.220. The third-order valence-corrected chi connectivity index (χ3v) is 5.87. The van der Waals surface area contributed by atoms with Gasteiger partial charge in [-0.05, 0) is 49.4 Å². The van der Waals surface area contributed by atoms with Crippen molar-refractivity contribution in [2.45, 2.75) is 36.7 Å². The summed E-state index contributed by atoms with van der Waals surface area (Å²) in [6.07, 6.45) is 3.16. The number of furan rings is 1. The van der Waals surface area contributed by atoms with Crippen LogP contribution in [-0.2, 0) is 14.3 Å². The number of hydrogen-bond donors (Lipinski definition) is 0. The van der Waals surface area contributed by atoms with Crippen LogP contribution in [0.3, 0.4) is 0 Å². The lowest BCUT2D eigenvalue weighted by molar-refractivity contribution is -0.146. The molecule has 0 spiro atoms. The number of aryl methyl sites for hydroxylation is 1. The van der Waals surface area contributed by atoms with Crippen molar-refractivity contribution in [1.29, 1.82) is 0 Å². The van der Waals surface area contributed by atoms with Gasteiger partial charge in [-0.1, -0.05) is 42.8 Å². The van der Waals surface area contributed by atoms with E-state index in [0.29, 0.717) is 10.9 Å². The molecule has 1 saturated heterocycles. The summed E-state index contributed by atoms with van der Waals surface area (Å²) in [6, 6.07) is 11.6. The van der Waals surface area contributed by atoms with E-state index in [1.807, 2.05) is 44.2 Å². The highest BCUT2D eigenvalue weighted by atomic mass is 32.2. The third kappa shape index (κ3) is 5.77. The van der Waals surface area contributed by atoms with E-state index in [2.05, 4.69) is 0 Å². The van der Waals surface area contributed by atoms with E-state index < -0.39 is 17.1 Å². The van der Waals surface area contributed by atoms with Gasteiger partial charge in [-0.3, -0.25) is 19.3 Å². The Kier molecular flexibility index (Phi) is 7.22. The van der Waals surface area contributed by atoms with Gasteiger partial charge in [-0.25, -0.2) is 0 Å². The van der Waals surface area contributed by atoms with Gasteiger partial charge < -0.3 is 9.15 Å². The molecular weight excluding hydrogens is 410 g/mol. The van der Waals surface area contributed by atoms with E-state index in [1.165, 1.54) is 23.4 Å². The van der Waals surface area contributed by atoms with Gasteiger partial charge in [-0.15, -0.1) is 0 Å². The molecule has 1 aliphatic rings. The summed E-state index contributed by atoms with van der Waals surface area (Å²) in [6.45, 7) is 3.92. The molecule has 0 saturated carbocycles. The average molecular weight is 432 g/mol. The van der Waals surface area contributed by atoms with Crippen molar-refractivity contribution in [2.75, 3.05) is 13.2 Å². The standard InChI is InChI=1S/C21H21NO5S2/c1-3-4-11-26-18(23)13-22-20(24)17(29-21(22)25)12-15-7-10-19(27-15)28-16-8-5-14(2)6-9-16/h5-10,12H,3-4,11,13H2,1-2H3/b17-12-. The molecule has 1 fully saturated rings. The number of ether oxygens (including phenoxy) is 1. The van der Waals surface area contributed by atoms with Crippen molar-refractivity contribution in [3.8, 4) is 0 Å². The van der Waals surface area contributed by atoms with Crippen LogP contribution in [0.5, 0.6) is 0 Å². The van der Waals surface area contributed by atoms with Crippen molar-refractivity contribution >= 4 is 46.7 Å². The number of amides is 2. The lowest BCUT2D eigenvalue weighted by Crippen LogP contribution is -2.34. The summed E-state index contributed by atoms with van der Waals surface area (Å²) in [7, 11) is 0. The van der Waals surface area contributed by atoms with E-state index in [9.17, 15) is 14.4 Å². The van der Waals surface area contributed by atoms with Crippen molar-refractivity contribution in [3.05, 3.63) is 52.6 Å². The minimum Gasteiger partial charge on any atom is -0.464 e. The van der Waals surface area contributed by atoms with Crippen molar-refractivity contribution in [2.24, 2.45) is 0 Å². The monoisotopic (exact) mass is 431 g/mol. The van der Waals surface area contributed by atoms with Crippen molar-refractivity contribution in [3.63, 3.8) is 0 Å². The van der Waals surface area contributed by atoms with Gasteiger partial charge in [0.25, 0.3) is 11.1 Å². The summed E-state index contributed by atoms with van der Waals surface area (Å²) >= 11 is 2.25. The molecule has 6 nitrogen and oxygen atoms in total. The van der Waals surface area contributed by atoms with Crippen LogP contribution in [0.2, 0.25) is 0 Å². The number of esters is 1. The Hall–Kier alpha value is -2.45. The fraction of sp³-hybridized carbons (Fsp3) is 0.286. The Morgan fingerprint density at radius 3 is 2.69 bits per heavy atom. The minimum atomic E-state index is -0.586. The van der Waals surface area contributed by atoms with Gasteiger partial charge >= 0.3 is 5.97 Å². The van der Waals surface area contributed by atoms with Crippen molar-refractivity contribution in [1.82, 2.24) is 4.90 Å². The first-order valence-corrected chi connectivity index (χ1v) is 10.8. The van der Waals surface area contributed by atoms with Gasteiger partial charge in [-0.2, -0.15) is 0 Å². The number of imide groups is 1. The number of benzene rings is 1. The summed E-state index contributed by atoms with van der Waals surface area (Å²) < 4.78 is 10.8. The largest absolute Gasteiger partial charge is 0.464 e. The highest BCUT2D eigenvalue weighted by Gasteiger charge is 2.36. The van der Waals surface area contributed by atoms with Crippen LogP contribution < -0.4 is 0 Å². The molecule has 0 unspecified atom stereocenters. The first kappa shape index (κ1) is 21.3. The highest BCUT2D eigenvalue weighted by molar-refractivity contribution is 8.18. The molecular formula is C21H21NO5S2. The number of nitrogens with zero attached hydrogens (tertiary/aromatic N) is 1. The molecule has 2 heterocycles. The lowest BCUT2D eigenvalue weighted by Gasteiger charge is -2.11. The predicted octanol–water partition coefficient (Wildman–Crippen LogP) is 5.12. The second kappa shape index (κ2) is 9.84. The Balaban J connectivity index is 1.62. The zero-order valence-corrected chi connectivity index (χ0v) is 17.8. The fourth-order valence-electron chi connectivity index (χ4n) is 2.46. The first-order chi connectivity index (χ1) is 14.0. The Bertz CT molecular complexity index is 933. The molecule has 8 heteroatoms. The topological polar surface area (TPSA) is 76.8 Å². The Labute approximate surface area is 177 Å². The van der Waals surface area contributed by atoms with Crippen LogP contribution in [0.1, 0.15) is 31.1 Å². The van der Waals surface area contributed by atoms with Gasteiger partial charge in [0.15, 0.2) is 5.09 Å². The van der Waals surface area contributed by atoms with E-state index in [0.717, 1.165) is 34.4 Å². The number of carbonyl (C=O) groups is 3. The zero-order chi connectivity index (χ0) is 20.8. The number of rotatable bonds is 8. The van der Waals surface area contributed by atoms with Crippen LogP contribution in [0, 0.1) is 6.92 Å². The van der Waals surface area contributed by atoms with Gasteiger partial charge in [0.05, 0.1) is 11.5 Å². The molecule has 2 amide bonds. The van der Waals surface area contributed by atoms with Gasteiger partial charge in [0.1, 0.15) is 12.3 Å². The summed E-state index contributed by atoms with van der Waals surface area (Å²) in [5.41, 5.74) is 1.18.